The highest BCUT2D eigenvalue weighted by molar-refractivity contribution is 5.79. The van der Waals surface area contributed by atoms with Crippen LogP contribution < -0.4 is 15.4 Å². The lowest BCUT2D eigenvalue weighted by molar-refractivity contribution is -0.0498. The van der Waals surface area contributed by atoms with Crippen molar-refractivity contribution < 1.29 is 23.4 Å². The van der Waals surface area contributed by atoms with Gasteiger partial charge in [-0.1, -0.05) is 42.5 Å². The van der Waals surface area contributed by atoms with Crippen LogP contribution in [0.25, 0.3) is 0 Å². The third kappa shape index (κ3) is 7.17. The third-order valence-corrected chi connectivity index (χ3v) is 5.36. The van der Waals surface area contributed by atoms with Gasteiger partial charge in [-0.2, -0.15) is 8.78 Å². The van der Waals surface area contributed by atoms with Crippen LogP contribution in [0.15, 0.2) is 59.6 Å². The van der Waals surface area contributed by atoms with Crippen molar-refractivity contribution in [2.45, 2.75) is 38.6 Å². The summed E-state index contributed by atoms with van der Waals surface area (Å²) < 4.78 is 35.0. The minimum Gasteiger partial charge on any atom is -0.435 e. The number of aliphatic hydroxyl groups is 1. The van der Waals surface area contributed by atoms with Crippen molar-refractivity contribution in [2.75, 3.05) is 26.2 Å². The van der Waals surface area contributed by atoms with Gasteiger partial charge in [0.1, 0.15) is 5.75 Å². The second-order valence-electron chi connectivity index (χ2n) is 7.67. The lowest BCUT2D eigenvalue weighted by atomic mass is 9.89. The van der Waals surface area contributed by atoms with Gasteiger partial charge in [-0.05, 0) is 43.0 Å². The Morgan fingerprint density at radius 2 is 1.91 bits per heavy atom. The van der Waals surface area contributed by atoms with Gasteiger partial charge in [-0.15, -0.1) is 0 Å². The molecule has 0 amide bonds. The molecule has 1 aliphatic heterocycles. The zero-order chi connectivity index (χ0) is 22.8. The summed E-state index contributed by atoms with van der Waals surface area (Å²) in [6.07, 6.45) is 1.26. The van der Waals surface area contributed by atoms with Crippen LogP contribution >= 0.6 is 0 Å². The molecule has 6 nitrogen and oxygen atoms in total. The number of nitrogens with one attached hydrogen (secondary N) is 2. The van der Waals surface area contributed by atoms with E-state index in [0.717, 1.165) is 19.4 Å². The average Bonchev–Trinajstić information content (AvgIpc) is 2.81. The van der Waals surface area contributed by atoms with E-state index in [0.29, 0.717) is 30.5 Å². The summed E-state index contributed by atoms with van der Waals surface area (Å²) in [7, 11) is 0. The van der Waals surface area contributed by atoms with Gasteiger partial charge < -0.3 is 25.2 Å². The highest BCUT2D eigenvalue weighted by atomic mass is 19.3. The molecule has 32 heavy (non-hydrogen) atoms. The van der Waals surface area contributed by atoms with Crippen LogP contribution in [0, 0.1) is 5.92 Å². The Kier molecular flexibility index (Phi) is 9.25. The molecule has 0 bridgehead atoms. The maximum absolute atomic E-state index is 12.3. The maximum atomic E-state index is 12.3. The Morgan fingerprint density at radius 3 is 2.59 bits per heavy atom. The number of hydrogen-bond acceptors (Lipinski definition) is 4. The molecule has 3 N–H and O–H groups in total. The minimum atomic E-state index is -2.87. The van der Waals surface area contributed by atoms with Gasteiger partial charge >= 0.3 is 6.61 Å². The fourth-order valence-corrected chi connectivity index (χ4v) is 3.79. The van der Waals surface area contributed by atoms with Crippen LogP contribution in [0.4, 0.5) is 8.78 Å². The van der Waals surface area contributed by atoms with Crippen molar-refractivity contribution >= 4 is 5.96 Å². The number of alkyl halides is 2. The Bertz CT molecular complexity index is 834. The van der Waals surface area contributed by atoms with E-state index >= 15 is 0 Å². The molecule has 3 rings (SSSR count). The first-order valence-electron chi connectivity index (χ1n) is 11.0. The molecule has 8 heteroatoms. The van der Waals surface area contributed by atoms with Crippen molar-refractivity contribution in [3.8, 4) is 5.75 Å². The molecule has 2 aromatic rings. The van der Waals surface area contributed by atoms with E-state index < -0.39 is 12.7 Å². The summed E-state index contributed by atoms with van der Waals surface area (Å²) in [4.78, 5) is 4.50. The van der Waals surface area contributed by atoms with Gasteiger partial charge in [0.2, 0.25) is 0 Å². The van der Waals surface area contributed by atoms with Crippen LogP contribution in [0.5, 0.6) is 5.75 Å². The minimum absolute atomic E-state index is 0.0416. The third-order valence-electron chi connectivity index (χ3n) is 5.36. The fraction of sp³-hybridized carbons (Fsp3) is 0.458. The molecule has 1 saturated heterocycles. The zero-order valence-corrected chi connectivity index (χ0v) is 18.2. The molecule has 0 radical (unpaired) electrons. The molecule has 174 valence electrons. The normalized spacial score (nSPS) is 20.1. The first-order chi connectivity index (χ1) is 15.6. The Balaban J connectivity index is 1.58. The molecule has 1 heterocycles. The van der Waals surface area contributed by atoms with Crippen LogP contribution in [0.1, 0.15) is 43.1 Å². The van der Waals surface area contributed by atoms with Gasteiger partial charge in [0.05, 0.1) is 18.8 Å². The topological polar surface area (TPSA) is 75.1 Å². The number of nitrogens with zero attached hydrogens (tertiary/aromatic N) is 1. The average molecular weight is 448 g/mol. The zero-order valence-electron chi connectivity index (χ0n) is 18.2. The first-order valence-corrected chi connectivity index (χ1v) is 11.0. The van der Waals surface area contributed by atoms with E-state index in [1.54, 1.807) is 12.1 Å². The van der Waals surface area contributed by atoms with Gasteiger partial charge in [0.25, 0.3) is 0 Å². The Morgan fingerprint density at radius 1 is 1.16 bits per heavy atom. The second-order valence-corrected chi connectivity index (χ2v) is 7.67. The van der Waals surface area contributed by atoms with Crippen molar-refractivity contribution in [1.82, 2.24) is 10.6 Å². The molecule has 0 saturated carbocycles. The highest BCUT2D eigenvalue weighted by Gasteiger charge is 2.27. The molecule has 1 aliphatic rings. The summed E-state index contributed by atoms with van der Waals surface area (Å²) in [5.41, 5.74) is 1.76. The van der Waals surface area contributed by atoms with E-state index in [9.17, 15) is 13.9 Å². The van der Waals surface area contributed by atoms with Crippen molar-refractivity contribution in [2.24, 2.45) is 10.9 Å². The standard InChI is InChI=1S/C24H31F2N3O3/c1-2-27-24(29-16-21(30)17-10-12-20(13-11-17)32-23(25)26)28-15-19-9-6-14-31-22(19)18-7-4-3-5-8-18/h3-5,7-8,10-13,19,21-23,30H,2,6,9,14-16H2,1H3,(H2,27,28,29). The lowest BCUT2D eigenvalue weighted by Gasteiger charge is -2.32. The number of hydrogen-bond donors (Lipinski definition) is 3. The number of aliphatic hydroxyl groups excluding tert-OH is 1. The van der Waals surface area contributed by atoms with E-state index in [2.05, 4.69) is 32.5 Å². The van der Waals surface area contributed by atoms with Gasteiger partial charge in [0.15, 0.2) is 5.96 Å². The number of ether oxygens (including phenoxy) is 2. The predicted octanol–water partition coefficient (Wildman–Crippen LogP) is 4.04. The molecule has 0 aliphatic carbocycles. The summed E-state index contributed by atoms with van der Waals surface area (Å²) in [6.45, 7) is 1.38. The molecular weight excluding hydrogens is 416 g/mol. The summed E-state index contributed by atoms with van der Waals surface area (Å²) >= 11 is 0. The van der Waals surface area contributed by atoms with Crippen LogP contribution in [0.3, 0.4) is 0 Å². The largest absolute Gasteiger partial charge is 0.435 e. The van der Waals surface area contributed by atoms with E-state index in [-0.39, 0.29) is 18.4 Å². The Hall–Kier alpha value is -2.71. The quantitative estimate of drug-likeness (QED) is 0.400. The number of halogens is 2. The lowest BCUT2D eigenvalue weighted by Crippen LogP contribution is -2.42. The predicted molar refractivity (Wildman–Crippen MR) is 120 cm³/mol. The maximum Gasteiger partial charge on any atom is 0.387 e. The Labute approximate surface area is 187 Å². The van der Waals surface area contributed by atoms with E-state index in [4.69, 9.17) is 4.74 Å². The van der Waals surface area contributed by atoms with E-state index in [1.807, 2.05) is 25.1 Å². The molecular formula is C24H31F2N3O3. The molecule has 1 fully saturated rings. The van der Waals surface area contributed by atoms with Crippen molar-refractivity contribution in [1.29, 1.82) is 0 Å². The number of guanidine groups is 1. The van der Waals surface area contributed by atoms with Gasteiger partial charge in [-0.25, -0.2) is 0 Å². The number of benzene rings is 2. The molecule has 2 aromatic carbocycles. The van der Waals surface area contributed by atoms with Gasteiger partial charge in [-0.3, -0.25) is 4.99 Å². The fourth-order valence-electron chi connectivity index (χ4n) is 3.79. The van der Waals surface area contributed by atoms with Crippen LogP contribution in [-0.2, 0) is 4.74 Å². The monoisotopic (exact) mass is 447 g/mol. The SMILES string of the molecule is CCNC(=NCC(O)c1ccc(OC(F)F)cc1)NCC1CCCOC1c1ccccc1. The summed E-state index contributed by atoms with van der Waals surface area (Å²) in [5.74, 6) is 0.973. The highest BCUT2D eigenvalue weighted by Crippen LogP contribution is 2.33. The molecule has 0 aromatic heterocycles. The molecule has 3 atom stereocenters. The van der Waals surface area contributed by atoms with Crippen molar-refractivity contribution in [3.63, 3.8) is 0 Å². The number of rotatable bonds is 9. The van der Waals surface area contributed by atoms with E-state index in [1.165, 1.54) is 17.7 Å². The van der Waals surface area contributed by atoms with Gasteiger partial charge in [0, 0.05) is 25.6 Å². The number of aliphatic imine (C=N–C) groups is 1. The molecule has 0 spiro atoms. The second kappa shape index (κ2) is 12.4. The first kappa shape index (κ1) is 23.9. The molecule has 3 unspecified atom stereocenters. The van der Waals surface area contributed by atoms with Crippen LogP contribution in [0.2, 0.25) is 0 Å². The smallest absolute Gasteiger partial charge is 0.387 e. The van der Waals surface area contributed by atoms with Crippen LogP contribution in [-0.4, -0.2) is 43.9 Å². The van der Waals surface area contributed by atoms with Crippen molar-refractivity contribution in [3.05, 3.63) is 65.7 Å². The summed E-state index contributed by atoms with van der Waals surface area (Å²) in [5, 5.41) is 17.0. The summed E-state index contributed by atoms with van der Waals surface area (Å²) in [6, 6.07) is 16.2.